The molecule has 0 aliphatic rings. The summed E-state index contributed by atoms with van der Waals surface area (Å²) in [5.41, 5.74) is 0.426. The minimum Gasteiger partial charge on any atom is -0.353 e. The lowest BCUT2D eigenvalue weighted by Crippen LogP contribution is -1.90. The molecule has 0 radical (unpaired) electrons. The van der Waals surface area contributed by atoms with Crippen LogP contribution in [0.2, 0.25) is 0 Å². The highest BCUT2D eigenvalue weighted by molar-refractivity contribution is 7.46. The van der Waals surface area contributed by atoms with E-state index in [1.807, 2.05) is 0 Å². The van der Waals surface area contributed by atoms with Gasteiger partial charge in [-0.1, -0.05) is 5.16 Å². The van der Waals surface area contributed by atoms with Crippen molar-refractivity contribution in [3.05, 3.63) is 24.2 Å². The molecule has 0 saturated heterocycles. The summed E-state index contributed by atoms with van der Waals surface area (Å²) >= 11 is 0. The summed E-state index contributed by atoms with van der Waals surface area (Å²) in [5, 5.41) is 3.50. The minimum absolute atomic E-state index is 0.259. The van der Waals surface area contributed by atoms with Gasteiger partial charge in [0.25, 0.3) is 0 Å². The second-order valence-corrected chi connectivity index (χ2v) is 4.14. The molecule has 2 heterocycles. The van der Waals surface area contributed by atoms with Gasteiger partial charge in [0.15, 0.2) is 5.82 Å². The fraction of sp³-hybridized carbons (Fsp3) is 0.143. The zero-order valence-electron chi connectivity index (χ0n) is 7.90. The Kier molecular flexibility index (Phi) is 2.88. The van der Waals surface area contributed by atoms with Crippen molar-refractivity contribution >= 4 is 7.82 Å². The number of imidazole rings is 1. The number of nitrogens with one attached hydrogen (secondary N) is 1. The van der Waals surface area contributed by atoms with E-state index >= 15 is 0 Å². The Labute approximate surface area is 89.5 Å². The Hall–Kier alpha value is -1.47. The molecule has 0 unspecified atom stereocenters. The van der Waals surface area contributed by atoms with Crippen LogP contribution in [0.25, 0.3) is 11.6 Å². The Morgan fingerprint density at radius 1 is 1.56 bits per heavy atom. The molecule has 2 rings (SSSR count). The minimum atomic E-state index is -4.47. The molecule has 0 aliphatic heterocycles. The number of aromatic amines is 1. The zero-order chi connectivity index (χ0) is 11.6. The maximum Gasteiger partial charge on any atom is 0.469 e. The average molecular weight is 245 g/mol. The molecule has 0 saturated carbocycles. The maximum absolute atomic E-state index is 10.4. The van der Waals surface area contributed by atoms with Gasteiger partial charge < -0.3 is 19.3 Å². The molecule has 8 nitrogen and oxygen atoms in total. The smallest absolute Gasteiger partial charge is 0.353 e. The molecule has 3 N–H and O–H groups in total. The van der Waals surface area contributed by atoms with E-state index in [-0.39, 0.29) is 6.61 Å². The number of hydrogen-bond donors (Lipinski definition) is 3. The van der Waals surface area contributed by atoms with E-state index in [0.717, 1.165) is 0 Å². The summed E-state index contributed by atoms with van der Waals surface area (Å²) in [6, 6.07) is 1.60. The Balaban J connectivity index is 2.06. The summed E-state index contributed by atoms with van der Waals surface area (Å²) in [4.78, 5) is 23.7. The third-order valence-corrected chi connectivity index (χ3v) is 2.15. The van der Waals surface area contributed by atoms with Crippen molar-refractivity contribution in [3.63, 3.8) is 0 Å². The molecule has 2 aromatic rings. The van der Waals surface area contributed by atoms with Gasteiger partial charge in [-0.3, -0.25) is 4.52 Å². The lowest BCUT2D eigenvalue weighted by molar-refractivity contribution is 0.187. The van der Waals surface area contributed by atoms with Gasteiger partial charge in [0, 0.05) is 6.07 Å². The van der Waals surface area contributed by atoms with Gasteiger partial charge in [0.1, 0.15) is 6.61 Å². The van der Waals surface area contributed by atoms with Gasteiger partial charge in [0.2, 0.25) is 5.76 Å². The van der Waals surface area contributed by atoms with Crippen molar-refractivity contribution in [3.8, 4) is 11.6 Å². The lowest BCUT2D eigenvalue weighted by atomic mass is 10.4. The van der Waals surface area contributed by atoms with Crippen LogP contribution >= 0.6 is 7.82 Å². The zero-order valence-corrected chi connectivity index (χ0v) is 8.79. The van der Waals surface area contributed by atoms with E-state index in [9.17, 15) is 4.57 Å². The third kappa shape index (κ3) is 2.77. The number of H-pyrrole nitrogens is 1. The number of phosphoric ester groups is 1. The molecule has 9 heteroatoms. The van der Waals surface area contributed by atoms with Crippen molar-refractivity contribution in [2.75, 3.05) is 0 Å². The molecule has 0 aliphatic carbocycles. The summed E-state index contributed by atoms with van der Waals surface area (Å²) < 4.78 is 19.6. The fourth-order valence-electron chi connectivity index (χ4n) is 1.05. The van der Waals surface area contributed by atoms with Crippen molar-refractivity contribution < 1.29 is 23.4 Å². The summed E-state index contributed by atoms with van der Waals surface area (Å²) in [7, 11) is -4.47. The molecule has 16 heavy (non-hydrogen) atoms. The fourth-order valence-corrected chi connectivity index (χ4v) is 1.36. The van der Waals surface area contributed by atoms with Crippen LogP contribution in [0.5, 0.6) is 0 Å². The van der Waals surface area contributed by atoms with Gasteiger partial charge >= 0.3 is 7.82 Å². The highest BCUT2D eigenvalue weighted by Crippen LogP contribution is 2.36. The molecular formula is C7H8N3O5P. The van der Waals surface area contributed by atoms with E-state index in [0.29, 0.717) is 17.3 Å². The summed E-state index contributed by atoms with van der Waals surface area (Å²) in [5.74, 6) is 0.851. The van der Waals surface area contributed by atoms with Crippen LogP contribution < -0.4 is 0 Å². The van der Waals surface area contributed by atoms with E-state index in [4.69, 9.17) is 14.3 Å². The van der Waals surface area contributed by atoms with Crippen LogP contribution in [0.4, 0.5) is 0 Å². The monoisotopic (exact) mass is 245 g/mol. The van der Waals surface area contributed by atoms with Gasteiger partial charge in [-0.2, -0.15) is 0 Å². The maximum atomic E-state index is 10.4. The number of aromatic nitrogens is 3. The Bertz CT molecular complexity index is 502. The second-order valence-electron chi connectivity index (χ2n) is 2.90. The molecule has 0 spiro atoms. The van der Waals surface area contributed by atoms with Crippen molar-refractivity contribution in [1.82, 2.24) is 15.1 Å². The largest absolute Gasteiger partial charge is 0.469 e. The molecule has 0 atom stereocenters. The number of phosphoric acid groups is 1. The highest BCUT2D eigenvalue weighted by atomic mass is 31.2. The molecule has 0 aromatic carbocycles. The second kappa shape index (κ2) is 4.18. The first-order chi connectivity index (χ1) is 7.54. The van der Waals surface area contributed by atoms with Crippen LogP contribution in [-0.2, 0) is 15.7 Å². The van der Waals surface area contributed by atoms with Crippen LogP contribution in [0.15, 0.2) is 23.0 Å². The van der Waals surface area contributed by atoms with E-state index in [1.54, 1.807) is 6.07 Å². The van der Waals surface area contributed by atoms with Gasteiger partial charge in [-0.05, 0) is 0 Å². The Morgan fingerprint density at radius 2 is 2.38 bits per heavy atom. The van der Waals surface area contributed by atoms with Crippen LogP contribution in [0, 0.1) is 0 Å². The first kappa shape index (κ1) is 11.0. The summed E-state index contributed by atoms with van der Waals surface area (Å²) in [6.07, 6.45) is 2.86. The average Bonchev–Trinajstić information content (AvgIpc) is 2.84. The molecule has 0 bridgehead atoms. The highest BCUT2D eigenvalue weighted by Gasteiger charge is 2.15. The van der Waals surface area contributed by atoms with E-state index in [2.05, 4.69) is 19.6 Å². The quantitative estimate of drug-likeness (QED) is 0.676. The molecule has 0 fully saturated rings. The molecule has 2 aromatic heterocycles. The number of nitrogens with zero attached hydrogens (tertiary/aromatic N) is 2. The third-order valence-electron chi connectivity index (χ3n) is 1.69. The van der Waals surface area contributed by atoms with E-state index < -0.39 is 7.82 Å². The Morgan fingerprint density at radius 3 is 3.00 bits per heavy atom. The van der Waals surface area contributed by atoms with Crippen LogP contribution in [-0.4, -0.2) is 24.9 Å². The predicted molar refractivity (Wildman–Crippen MR) is 50.9 cm³/mol. The molecule has 0 amide bonds. The van der Waals surface area contributed by atoms with Gasteiger partial charge in [0.05, 0.1) is 18.1 Å². The SMILES string of the molecule is O=P(O)(O)OCc1cnc(-c2ccno2)[nH]1. The molecular weight excluding hydrogens is 237 g/mol. The predicted octanol–water partition coefficient (Wildman–Crippen LogP) is 0.674. The normalized spacial score (nSPS) is 11.9. The van der Waals surface area contributed by atoms with Crippen LogP contribution in [0.3, 0.4) is 0 Å². The standard InChI is InChI=1S/C7H8N3O5P/c11-16(12,13)14-4-5-3-8-7(10-5)6-1-2-9-15-6/h1-3H,4H2,(H,8,10)(H2,11,12,13). The topological polar surface area (TPSA) is 121 Å². The first-order valence-corrected chi connectivity index (χ1v) is 5.73. The lowest BCUT2D eigenvalue weighted by Gasteiger charge is -2.02. The number of rotatable bonds is 4. The van der Waals surface area contributed by atoms with Crippen molar-refractivity contribution in [1.29, 1.82) is 0 Å². The summed E-state index contributed by atoms with van der Waals surface area (Å²) in [6.45, 7) is -0.259. The van der Waals surface area contributed by atoms with Crippen molar-refractivity contribution in [2.24, 2.45) is 0 Å². The van der Waals surface area contributed by atoms with Gasteiger partial charge in [-0.25, -0.2) is 9.55 Å². The van der Waals surface area contributed by atoms with Crippen LogP contribution in [0.1, 0.15) is 5.69 Å². The van der Waals surface area contributed by atoms with Gasteiger partial charge in [-0.15, -0.1) is 0 Å². The first-order valence-electron chi connectivity index (χ1n) is 4.19. The van der Waals surface area contributed by atoms with E-state index in [1.165, 1.54) is 12.4 Å². The number of hydrogen-bond acceptors (Lipinski definition) is 5. The molecule has 86 valence electrons. The van der Waals surface area contributed by atoms with Crippen molar-refractivity contribution in [2.45, 2.75) is 6.61 Å².